The zero-order chi connectivity index (χ0) is 20.3. The van der Waals surface area contributed by atoms with Crippen LogP contribution in [0.5, 0.6) is 0 Å². The Balaban J connectivity index is 1.56. The number of nitrogens with zero attached hydrogens (tertiary/aromatic N) is 3. The third-order valence-electron chi connectivity index (χ3n) is 4.35. The van der Waals surface area contributed by atoms with E-state index in [2.05, 4.69) is 10.3 Å². The summed E-state index contributed by atoms with van der Waals surface area (Å²) in [5, 5.41) is 2.69. The van der Waals surface area contributed by atoms with Crippen LogP contribution in [0, 0.1) is 0 Å². The van der Waals surface area contributed by atoms with E-state index < -0.39 is 11.7 Å². The molecule has 3 heterocycles. The first kappa shape index (κ1) is 20.1. The third kappa shape index (κ3) is 4.80. The number of anilines is 1. The second-order valence-corrected chi connectivity index (χ2v) is 7.53. The van der Waals surface area contributed by atoms with Crippen molar-refractivity contribution < 1.29 is 22.8 Å². The Bertz CT molecular complexity index is 843. The lowest BCUT2D eigenvalue weighted by molar-refractivity contribution is -0.137. The summed E-state index contributed by atoms with van der Waals surface area (Å²) >= 11 is 1.34. The van der Waals surface area contributed by atoms with Gasteiger partial charge in [0, 0.05) is 44.2 Å². The lowest BCUT2D eigenvalue weighted by atomic mass is 10.2. The van der Waals surface area contributed by atoms with Crippen LogP contribution in [0.4, 0.5) is 19.0 Å². The van der Waals surface area contributed by atoms with E-state index in [-0.39, 0.29) is 11.8 Å². The summed E-state index contributed by atoms with van der Waals surface area (Å²) in [5.41, 5.74) is -0.780. The van der Waals surface area contributed by atoms with Gasteiger partial charge in [0.1, 0.15) is 5.82 Å². The summed E-state index contributed by atoms with van der Waals surface area (Å²) in [6.07, 6.45) is -3.58. The Labute approximate surface area is 164 Å². The number of hydrogen-bond donors (Lipinski definition) is 1. The van der Waals surface area contributed by atoms with Crippen molar-refractivity contribution in [3.63, 3.8) is 0 Å². The zero-order valence-electron chi connectivity index (χ0n) is 15.1. The number of hydrogen-bond acceptors (Lipinski definition) is 5. The summed E-state index contributed by atoms with van der Waals surface area (Å²) in [5.74, 6) is 0.252. The second kappa shape index (κ2) is 8.17. The normalized spacial score (nSPS) is 14.9. The van der Waals surface area contributed by atoms with E-state index in [1.807, 2.05) is 11.0 Å². The van der Waals surface area contributed by atoms with Crippen molar-refractivity contribution >= 4 is 29.0 Å². The van der Waals surface area contributed by atoms with Gasteiger partial charge in [0.05, 0.1) is 17.0 Å². The zero-order valence-corrected chi connectivity index (χ0v) is 15.9. The standard InChI is InChI=1S/C18H19F3N4O2S/c1-12(26)22-11-14-3-4-15(28-14)17(27)25-8-6-24(7-9-25)16-5-2-13(10-23-16)18(19,20)21/h2-5,10H,6-9,11H2,1H3,(H,22,26). The Hall–Kier alpha value is -2.62. The van der Waals surface area contributed by atoms with Gasteiger partial charge in [-0.3, -0.25) is 9.59 Å². The van der Waals surface area contributed by atoms with Gasteiger partial charge >= 0.3 is 6.18 Å². The molecule has 150 valence electrons. The lowest BCUT2D eigenvalue weighted by Gasteiger charge is -2.35. The number of piperazine rings is 1. The minimum Gasteiger partial charge on any atom is -0.353 e. The number of nitrogens with one attached hydrogen (secondary N) is 1. The Kier molecular flexibility index (Phi) is 5.87. The van der Waals surface area contributed by atoms with Gasteiger partial charge in [0.25, 0.3) is 5.91 Å². The van der Waals surface area contributed by atoms with Crippen LogP contribution in [0.15, 0.2) is 30.5 Å². The van der Waals surface area contributed by atoms with E-state index in [0.717, 1.165) is 17.1 Å². The molecule has 1 aliphatic rings. The van der Waals surface area contributed by atoms with Gasteiger partial charge in [-0.15, -0.1) is 11.3 Å². The van der Waals surface area contributed by atoms with E-state index in [4.69, 9.17) is 0 Å². The fraction of sp³-hybridized carbons (Fsp3) is 0.389. The van der Waals surface area contributed by atoms with E-state index in [9.17, 15) is 22.8 Å². The summed E-state index contributed by atoms with van der Waals surface area (Å²) in [7, 11) is 0. The van der Waals surface area contributed by atoms with Crippen molar-refractivity contribution in [2.45, 2.75) is 19.6 Å². The number of pyridine rings is 1. The molecule has 0 bridgehead atoms. The molecule has 1 saturated heterocycles. The van der Waals surface area contributed by atoms with Crippen LogP contribution in [-0.4, -0.2) is 47.9 Å². The number of amides is 2. The first-order valence-electron chi connectivity index (χ1n) is 8.64. The molecule has 2 aromatic heterocycles. The number of thiophene rings is 1. The Morgan fingerprint density at radius 2 is 1.86 bits per heavy atom. The van der Waals surface area contributed by atoms with E-state index in [0.29, 0.717) is 43.4 Å². The SMILES string of the molecule is CC(=O)NCc1ccc(C(=O)N2CCN(c3ccc(C(F)(F)F)cn3)CC2)s1. The average molecular weight is 412 g/mol. The molecule has 28 heavy (non-hydrogen) atoms. The van der Waals surface area contributed by atoms with Crippen LogP contribution in [0.1, 0.15) is 27.0 Å². The van der Waals surface area contributed by atoms with Crippen LogP contribution in [-0.2, 0) is 17.5 Å². The fourth-order valence-electron chi connectivity index (χ4n) is 2.83. The predicted molar refractivity (Wildman–Crippen MR) is 99.2 cm³/mol. The highest BCUT2D eigenvalue weighted by atomic mass is 32.1. The molecule has 2 aromatic rings. The summed E-state index contributed by atoms with van der Waals surface area (Å²) < 4.78 is 37.9. The summed E-state index contributed by atoms with van der Waals surface area (Å²) in [4.78, 5) is 32.6. The Morgan fingerprint density at radius 1 is 1.14 bits per heavy atom. The number of carbonyl (C=O) groups excluding carboxylic acids is 2. The van der Waals surface area contributed by atoms with Crippen molar-refractivity contribution in [1.82, 2.24) is 15.2 Å². The Morgan fingerprint density at radius 3 is 2.43 bits per heavy atom. The lowest BCUT2D eigenvalue weighted by Crippen LogP contribution is -2.48. The largest absolute Gasteiger partial charge is 0.417 e. The minimum absolute atomic E-state index is 0.0842. The molecule has 2 amide bonds. The smallest absolute Gasteiger partial charge is 0.353 e. The minimum atomic E-state index is -4.41. The number of alkyl halides is 3. The van der Waals surface area contributed by atoms with Crippen molar-refractivity contribution in [1.29, 1.82) is 0 Å². The van der Waals surface area contributed by atoms with Crippen molar-refractivity contribution in [3.8, 4) is 0 Å². The molecule has 0 aliphatic carbocycles. The third-order valence-corrected chi connectivity index (χ3v) is 5.42. The maximum absolute atomic E-state index is 12.6. The summed E-state index contributed by atoms with van der Waals surface area (Å²) in [6, 6.07) is 5.93. The predicted octanol–water partition coefficient (Wildman–Crippen LogP) is 2.76. The quantitative estimate of drug-likeness (QED) is 0.839. The van der Waals surface area contributed by atoms with Gasteiger partial charge in [0.2, 0.25) is 5.91 Å². The molecular weight excluding hydrogens is 393 g/mol. The monoisotopic (exact) mass is 412 g/mol. The van der Waals surface area contributed by atoms with Gasteiger partial charge in [0.15, 0.2) is 0 Å². The molecule has 1 aliphatic heterocycles. The molecule has 0 aromatic carbocycles. The van der Waals surface area contributed by atoms with Gasteiger partial charge in [-0.25, -0.2) is 4.98 Å². The van der Waals surface area contributed by atoms with Gasteiger partial charge in [-0.05, 0) is 24.3 Å². The van der Waals surface area contributed by atoms with Crippen molar-refractivity contribution in [3.05, 3.63) is 45.8 Å². The molecule has 10 heteroatoms. The van der Waals surface area contributed by atoms with Crippen LogP contribution in [0.25, 0.3) is 0 Å². The van der Waals surface area contributed by atoms with Gasteiger partial charge in [-0.1, -0.05) is 0 Å². The number of aromatic nitrogens is 1. The molecule has 1 fully saturated rings. The highest BCUT2D eigenvalue weighted by molar-refractivity contribution is 7.14. The molecule has 0 spiro atoms. The second-order valence-electron chi connectivity index (χ2n) is 6.36. The molecule has 0 saturated carbocycles. The van der Waals surface area contributed by atoms with E-state index in [1.165, 1.54) is 24.3 Å². The van der Waals surface area contributed by atoms with E-state index in [1.54, 1.807) is 11.0 Å². The first-order chi connectivity index (χ1) is 13.2. The van der Waals surface area contributed by atoms with Crippen LogP contribution in [0.3, 0.4) is 0 Å². The average Bonchev–Trinajstić information content (AvgIpc) is 3.14. The molecule has 0 radical (unpaired) electrons. The first-order valence-corrected chi connectivity index (χ1v) is 9.46. The molecule has 6 nitrogen and oxygen atoms in total. The summed E-state index contributed by atoms with van der Waals surface area (Å²) in [6.45, 7) is 3.73. The van der Waals surface area contributed by atoms with Gasteiger partial charge in [-0.2, -0.15) is 13.2 Å². The topological polar surface area (TPSA) is 65.5 Å². The number of rotatable bonds is 4. The highest BCUT2D eigenvalue weighted by Gasteiger charge is 2.31. The number of carbonyl (C=O) groups is 2. The fourth-order valence-corrected chi connectivity index (χ4v) is 3.75. The van der Waals surface area contributed by atoms with Crippen molar-refractivity contribution in [2.75, 3.05) is 31.1 Å². The molecule has 0 atom stereocenters. The maximum atomic E-state index is 12.6. The molecular formula is C18H19F3N4O2S. The highest BCUT2D eigenvalue weighted by Crippen LogP contribution is 2.29. The van der Waals surface area contributed by atoms with Crippen LogP contribution in [0.2, 0.25) is 0 Å². The molecule has 1 N–H and O–H groups in total. The number of halogens is 3. The van der Waals surface area contributed by atoms with Crippen LogP contribution >= 0.6 is 11.3 Å². The van der Waals surface area contributed by atoms with Crippen molar-refractivity contribution in [2.24, 2.45) is 0 Å². The maximum Gasteiger partial charge on any atom is 0.417 e. The molecule has 0 unspecified atom stereocenters. The van der Waals surface area contributed by atoms with Crippen LogP contribution < -0.4 is 10.2 Å². The van der Waals surface area contributed by atoms with E-state index >= 15 is 0 Å². The molecule has 3 rings (SSSR count). The van der Waals surface area contributed by atoms with Gasteiger partial charge < -0.3 is 15.1 Å².